The summed E-state index contributed by atoms with van der Waals surface area (Å²) >= 11 is 0. The number of fused-ring (bicyclic) bond motifs is 1. The highest BCUT2D eigenvalue weighted by Crippen LogP contribution is 2.32. The second-order valence-corrected chi connectivity index (χ2v) is 4.94. The molecule has 17 heavy (non-hydrogen) atoms. The topological polar surface area (TPSA) is 21.3 Å². The van der Waals surface area contributed by atoms with Crippen molar-refractivity contribution in [2.24, 2.45) is 0 Å². The van der Waals surface area contributed by atoms with Crippen LogP contribution in [0.25, 0.3) is 0 Å². The van der Waals surface area contributed by atoms with Crippen LogP contribution in [-0.4, -0.2) is 19.2 Å². The summed E-state index contributed by atoms with van der Waals surface area (Å²) in [6, 6.07) is 5.53. The van der Waals surface area contributed by atoms with E-state index in [0.29, 0.717) is 6.04 Å². The SMILES string of the molecule is Fc1ccc2c(c1)CCCO[C@H]2C1CCCN1. The van der Waals surface area contributed by atoms with E-state index >= 15 is 0 Å². The van der Waals surface area contributed by atoms with Gasteiger partial charge in [-0.2, -0.15) is 0 Å². The van der Waals surface area contributed by atoms with E-state index in [1.165, 1.54) is 12.0 Å². The number of benzene rings is 1. The van der Waals surface area contributed by atoms with Crippen LogP contribution < -0.4 is 5.32 Å². The Morgan fingerprint density at radius 1 is 1.29 bits per heavy atom. The molecule has 2 heterocycles. The van der Waals surface area contributed by atoms with Crippen molar-refractivity contribution in [2.45, 2.75) is 37.8 Å². The van der Waals surface area contributed by atoms with Crippen molar-refractivity contribution in [1.82, 2.24) is 5.32 Å². The lowest BCUT2D eigenvalue weighted by Gasteiger charge is -2.24. The number of aryl methyl sites for hydroxylation is 1. The Kier molecular flexibility index (Phi) is 3.12. The normalized spacial score (nSPS) is 28.8. The van der Waals surface area contributed by atoms with E-state index in [0.717, 1.165) is 38.0 Å². The van der Waals surface area contributed by atoms with E-state index in [1.54, 1.807) is 12.1 Å². The molecule has 2 aliphatic heterocycles. The van der Waals surface area contributed by atoms with Crippen LogP contribution in [0.5, 0.6) is 0 Å². The highest BCUT2D eigenvalue weighted by atomic mass is 19.1. The number of hydrogen-bond acceptors (Lipinski definition) is 2. The van der Waals surface area contributed by atoms with Crippen molar-refractivity contribution in [3.05, 3.63) is 35.1 Å². The highest BCUT2D eigenvalue weighted by molar-refractivity contribution is 5.32. The van der Waals surface area contributed by atoms with Gasteiger partial charge in [-0.05, 0) is 55.5 Å². The number of hydrogen-bond donors (Lipinski definition) is 1. The molecule has 0 amide bonds. The summed E-state index contributed by atoms with van der Waals surface area (Å²) < 4.78 is 19.2. The van der Waals surface area contributed by atoms with E-state index in [9.17, 15) is 4.39 Å². The fourth-order valence-electron chi connectivity index (χ4n) is 2.93. The van der Waals surface area contributed by atoms with Gasteiger partial charge in [-0.25, -0.2) is 4.39 Å². The predicted molar refractivity (Wildman–Crippen MR) is 64.4 cm³/mol. The second-order valence-electron chi connectivity index (χ2n) is 4.94. The van der Waals surface area contributed by atoms with Gasteiger partial charge in [-0.1, -0.05) is 6.07 Å². The molecule has 0 radical (unpaired) electrons. The lowest BCUT2D eigenvalue weighted by molar-refractivity contribution is 0.0333. The van der Waals surface area contributed by atoms with Crippen LogP contribution in [-0.2, 0) is 11.2 Å². The average Bonchev–Trinajstić information content (AvgIpc) is 2.77. The minimum atomic E-state index is -0.135. The molecule has 3 rings (SSSR count). The number of ether oxygens (including phenoxy) is 1. The van der Waals surface area contributed by atoms with Crippen LogP contribution in [0.1, 0.15) is 36.5 Å². The minimum absolute atomic E-state index is 0.107. The first kappa shape index (κ1) is 11.2. The van der Waals surface area contributed by atoms with Gasteiger partial charge in [-0.3, -0.25) is 0 Å². The second kappa shape index (κ2) is 4.75. The number of rotatable bonds is 1. The van der Waals surface area contributed by atoms with Crippen LogP contribution in [0.2, 0.25) is 0 Å². The molecule has 1 unspecified atom stereocenters. The van der Waals surface area contributed by atoms with Crippen molar-refractivity contribution in [3.63, 3.8) is 0 Å². The Bertz CT molecular complexity index is 401. The van der Waals surface area contributed by atoms with Gasteiger partial charge in [0.05, 0.1) is 6.10 Å². The molecular formula is C14H18FNO. The summed E-state index contributed by atoms with van der Waals surface area (Å²) in [5, 5.41) is 3.49. The van der Waals surface area contributed by atoms with Gasteiger partial charge >= 0.3 is 0 Å². The summed E-state index contributed by atoms with van der Waals surface area (Å²) in [5.41, 5.74) is 2.31. The summed E-state index contributed by atoms with van der Waals surface area (Å²) in [5.74, 6) is -0.135. The summed E-state index contributed by atoms with van der Waals surface area (Å²) in [6.45, 7) is 1.85. The molecule has 1 N–H and O–H groups in total. The Morgan fingerprint density at radius 2 is 2.24 bits per heavy atom. The van der Waals surface area contributed by atoms with Crippen LogP contribution >= 0.6 is 0 Å². The Balaban J connectivity index is 1.94. The third-order valence-corrected chi connectivity index (χ3v) is 3.76. The monoisotopic (exact) mass is 235 g/mol. The molecule has 1 fully saturated rings. The van der Waals surface area contributed by atoms with Gasteiger partial charge in [-0.15, -0.1) is 0 Å². The Labute approximate surface area is 101 Å². The molecule has 2 aliphatic rings. The van der Waals surface area contributed by atoms with Crippen LogP contribution in [0.3, 0.4) is 0 Å². The smallest absolute Gasteiger partial charge is 0.123 e. The van der Waals surface area contributed by atoms with Crippen molar-refractivity contribution in [3.8, 4) is 0 Å². The van der Waals surface area contributed by atoms with Crippen molar-refractivity contribution < 1.29 is 9.13 Å². The van der Waals surface area contributed by atoms with Crippen molar-refractivity contribution in [2.75, 3.05) is 13.2 Å². The van der Waals surface area contributed by atoms with E-state index in [1.807, 2.05) is 6.07 Å². The number of nitrogens with one attached hydrogen (secondary N) is 1. The molecule has 1 saturated heterocycles. The van der Waals surface area contributed by atoms with Gasteiger partial charge in [0.2, 0.25) is 0 Å². The standard InChI is InChI=1S/C14H18FNO/c15-11-5-6-12-10(9-11)3-2-8-17-14(12)13-4-1-7-16-13/h5-6,9,13-14,16H,1-4,7-8H2/t13?,14-/m1/s1. The fraction of sp³-hybridized carbons (Fsp3) is 0.571. The molecule has 1 aromatic carbocycles. The van der Waals surface area contributed by atoms with E-state index in [-0.39, 0.29) is 11.9 Å². The van der Waals surface area contributed by atoms with Crippen LogP contribution in [0, 0.1) is 5.82 Å². The van der Waals surface area contributed by atoms with Gasteiger partial charge in [0.1, 0.15) is 5.82 Å². The molecule has 3 heteroatoms. The van der Waals surface area contributed by atoms with Gasteiger partial charge in [0.15, 0.2) is 0 Å². The molecule has 2 nitrogen and oxygen atoms in total. The Hall–Kier alpha value is -0.930. The van der Waals surface area contributed by atoms with Gasteiger partial charge in [0, 0.05) is 12.6 Å². The lowest BCUT2D eigenvalue weighted by Crippen LogP contribution is -2.30. The lowest BCUT2D eigenvalue weighted by atomic mass is 9.95. The third kappa shape index (κ3) is 2.22. The van der Waals surface area contributed by atoms with Crippen LogP contribution in [0.15, 0.2) is 18.2 Å². The molecule has 0 aliphatic carbocycles. The average molecular weight is 235 g/mol. The minimum Gasteiger partial charge on any atom is -0.372 e. The maximum Gasteiger partial charge on any atom is 0.123 e. The maximum absolute atomic E-state index is 13.3. The molecule has 0 bridgehead atoms. The molecule has 0 aromatic heterocycles. The zero-order chi connectivity index (χ0) is 11.7. The molecule has 92 valence electrons. The first-order valence-electron chi connectivity index (χ1n) is 6.48. The molecular weight excluding hydrogens is 217 g/mol. The van der Waals surface area contributed by atoms with Crippen molar-refractivity contribution in [1.29, 1.82) is 0 Å². The van der Waals surface area contributed by atoms with Crippen molar-refractivity contribution >= 4 is 0 Å². The van der Waals surface area contributed by atoms with E-state index in [4.69, 9.17) is 4.74 Å². The predicted octanol–water partition coefficient (Wildman–Crippen LogP) is 2.58. The molecule has 1 aromatic rings. The van der Waals surface area contributed by atoms with Gasteiger partial charge < -0.3 is 10.1 Å². The summed E-state index contributed by atoms with van der Waals surface area (Å²) in [4.78, 5) is 0. The zero-order valence-corrected chi connectivity index (χ0v) is 9.92. The maximum atomic E-state index is 13.3. The van der Waals surface area contributed by atoms with E-state index in [2.05, 4.69) is 5.32 Å². The fourth-order valence-corrected chi connectivity index (χ4v) is 2.93. The Morgan fingerprint density at radius 3 is 3.06 bits per heavy atom. The molecule has 2 atom stereocenters. The first-order chi connectivity index (χ1) is 8.34. The summed E-state index contributed by atoms with van der Waals surface area (Å²) in [6.07, 6.45) is 4.38. The quantitative estimate of drug-likeness (QED) is 0.807. The highest BCUT2D eigenvalue weighted by Gasteiger charge is 2.29. The first-order valence-corrected chi connectivity index (χ1v) is 6.48. The summed E-state index contributed by atoms with van der Waals surface area (Å²) in [7, 11) is 0. The van der Waals surface area contributed by atoms with Crippen LogP contribution in [0.4, 0.5) is 4.39 Å². The number of halogens is 1. The molecule has 0 spiro atoms. The zero-order valence-electron chi connectivity index (χ0n) is 9.92. The van der Waals surface area contributed by atoms with E-state index < -0.39 is 0 Å². The third-order valence-electron chi connectivity index (χ3n) is 3.76. The van der Waals surface area contributed by atoms with Gasteiger partial charge in [0.25, 0.3) is 0 Å². The largest absolute Gasteiger partial charge is 0.372 e. The molecule has 0 saturated carbocycles.